The zero-order valence-corrected chi connectivity index (χ0v) is 12.3. The van der Waals surface area contributed by atoms with Crippen LogP contribution in [0, 0.1) is 5.92 Å². The van der Waals surface area contributed by atoms with E-state index in [1.165, 1.54) is 12.4 Å². The Morgan fingerprint density at radius 2 is 2.00 bits per heavy atom. The van der Waals surface area contributed by atoms with E-state index in [4.69, 9.17) is 0 Å². The third kappa shape index (κ3) is 4.22. The van der Waals surface area contributed by atoms with E-state index in [0.29, 0.717) is 38.0 Å². The summed E-state index contributed by atoms with van der Waals surface area (Å²) in [6, 6.07) is 0. The highest BCUT2D eigenvalue weighted by Gasteiger charge is 2.27. The van der Waals surface area contributed by atoms with Crippen molar-refractivity contribution >= 4 is 28.0 Å². The maximum atomic E-state index is 11.8. The van der Waals surface area contributed by atoms with Crippen LogP contribution in [0.2, 0.25) is 0 Å². The van der Waals surface area contributed by atoms with Gasteiger partial charge in [0.2, 0.25) is 15.9 Å². The van der Waals surface area contributed by atoms with Gasteiger partial charge >= 0.3 is 0 Å². The molecule has 21 heavy (non-hydrogen) atoms. The topological polar surface area (TPSA) is 109 Å². The number of piperidine rings is 1. The standard InChI is InChI=1S/C12H16N4O4S/c1-21(19,20)15-12(18)9-2-4-16(5-3-9)11-7-13-10(8-17)6-14-11/h6-9H,2-5H2,1H3,(H,15,18). The Hall–Kier alpha value is -2.03. The van der Waals surface area contributed by atoms with Gasteiger partial charge in [-0.1, -0.05) is 0 Å². The van der Waals surface area contributed by atoms with Crippen LogP contribution in [0.4, 0.5) is 5.82 Å². The Bertz CT molecular complexity index is 621. The first-order valence-corrected chi connectivity index (χ1v) is 8.32. The van der Waals surface area contributed by atoms with Crippen molar-refractivity contribution in [3.63, 3.8) is 0 Å². The lowest BCUT2D eigenvalue weighted by Gasteiger charge is -2.31. The van der Waals surface area contributed by atoms with Gasteiger partial charge in [-0.25, -0.2) is 18.4 Å². The number of anilines is 1. The number of carbonyl (C=O) groups is 2. The fourth-order valence-electron chi connectivity index (χ4n) is 2.19. The van der Waals surface area contributed by atoms with Gasteiger partial charge in [-0.05, 0) is 12.8 Å². The van der Waals surface area contributed by atoms with Crippen LogP contribution in [0.1, 0.15) is 23.3 Å². The summed E-state index contributed by atoms with van der Waals surface area (Å²) in [5.74, 6) is -0.139. The third-order valence-electron chi connectivity index (χ3n) is 3.25. The van der Waals surface area contributed by atoms with Gasteiger partial charge in [-0.3, -0.25) is 14.3 Å². The van der Waals surface area contributed by atoms with Gasteiger partial charge in [-0.15, -0.1) is 0 Å². The molecule has 0 aromatic carbocycles. The second-order valence-corrected chi connectivity index (χ2v) is 6.67. The summed E-state index contributed by atoms with van der Waals surface area (Å²) < 4.78 is 24.1. The molecular weight excluding hydrogens is 296 g/mol. The molecule has 1 aliphatic heterocycles. The summed E-state index contributed by atoms with van der Waals surface area (Å²) in [4.78, 5) is 32.3. The first kappa shape index (κ1) is 15.4. The Morgan fingerprint density at radius 1 is 1.33 bits per heavy atom. The minimum absolute atomic E-state index is 0.265. The predicted octanol–water partition coefficient (Wildman–Crippen LogP) is -0.419. The average molecular weight is 312 g/mol. The molecule has 9 heteroatoms. The largest absolute Gasteiger partial charge is 0.355 e. The molecule has 0 spiro atoms. The van der Waals surface area contributed by atoms with Crippen LogP contribution in [0.15, 0.2) is 12.4 Å². The fourth-order valence-corrected chi connectivity index (χ4v) is 2.72. The molecule has 0 unspecified atom stereocenters. The highest BCUT2D eigenvalue weighted by molar-refractivity contribution is 7.89. The van der Waals surface area contributed by atoms with Gasteiger partial charge in [0.05, 0.1) is 18.6 Å². The number of aromatic nitrogens is 2. The van der Waals surface area contributed by atoms with Crippen LogP contribution < -0.4 is 9.62 Å². The summed E-state index contributed by atoms with van der Waals surface area (Å²) >= 11 is 0. The lowest BCUT2D eigenvalue weighted by atomic mass is 9.96. The Morgan fingerprint density at radius 3 is 2.48 bits per heavy atom. The molecule has 0 aliphatic carbocycles. The van der Waals surface area contributed by atoms with Crippen molar-refractivity contribution in [2.75, 3.05) is 24.2 Å². The Balaban J connectivity index is 1.93. The van der Waals surface area contributed by atoms with Crippen LogP contribution in [0.3, 0.4) is 0 Å². The molecule has 0 radical (unpaired) electrons. The molecule has 8 nitrogen and oxygen atoms in total. The number of rotatable bonds is 4. The maximum Gasteiger partial charge on any atom is 0.236 e. The first-order valence-electron chi connectivity index (χ1n) is 6.43. The molecule has 1 fully saturated rings. The van der Waals surface area contributed by atoms with E-state index in [-0.39, 0.29) is 11.6 Å². The molecule has 1 saturated heterocycles. The number of nitrogens with one attached hydrogen (secondary N) is 1. The van der Waals surface area contributed by atoms with E-state index >= 15 is 0 Å². The van der Waals surface area contributed by atoms with Gasteiger partial charge in [0.15, 0.2) is 6.29 Å². The van der Waals surface area contributed by atoms with E-state index in [2.05, 4.69) is 9.97 Å². The summed E-state index contributed by atoms with van der Waals surface area (Å²) in [5, 5.41) is 0. The van der Waals surface area contributed by atoms with E-state index in [0.717, 1.165) is 6.26 Å². The molecule has 1 aromatic heterocycles. The minimum Gasteiger partial charge on any atom is -0.355 e. The van der Waals surface area contributed by atoms with Crippen LogP contribution >= 0.6 is 0 Å². The van der Waals surface area contributed by atoms with Gasteiger partial charge in [0.1, 0.15) is 11.5 Å². The van der Waals surface area contributed by atoms with Crippen LogP contribution in [0.5, 0.6) is 0 Å². The SMILES string of the molecule is CS(=O)(=O)NC(=O)C1CCN(c2cnc(C=O)cn2)CC1. The Kier molecular flexibility index (Phi) is 4.51. The molecule has 1 N–H and O–H groups in total. The van der Waals surface area contributed by atoms with Crippen LogP contribution in [-0.4, -0.2) is 49.9 Å². The normalized spacial score (nSPS) is 16.5. The van der Waals surface area contributed by atoms with Crippen molar-refractivity contribution in [3.05, 3.63) is 18.1 Å². The van der Waals surface area contributed by atoms with E-state index in [9.17, 15) is 18.0 Å². The number of hydrogen-bond acceptors (Lipinski definition) is 7. The van der Waals surface area contributed by atoms with Gasteiger partial charge < -0.3 is 4.90 Å². The molecule has 2 rings (SSSR count). The fraction of sp³-hybridized carbons (Fsp3) is 0.500. The second kappa shape index (κ2) is 6.17. The number of sulfonamides is 1. The van der Waals surface area contributed by atoms with Crippen molar-refractivity contribution in [3.8, 4) is 0 Å². The molecule has 0 bridgehead atoms. The van der Waals surface area contributed by atoms with E-state index in [1.54, 1.807) is 0 Å². The predicted molar refractivity (Wildman–Crippen MR) is 75.3 cm³/mol. The molecule has 0 saturated carbocycles. The van der Waals surface area contributed by atoms with Gasteiger partial charge in [0, 0.05) is 19.0 Å². The van der Waals surface area contributed by atoms with Crippen molar-refractivity contribution < 1.29 is 18.0 Å². The van der Waals surface area contributed by atoms with E-state index in [1.807, 2.05) is 9.62 Å². The van der Waals surface area contributed by atoms with Crippen molar-refractivity contribution in [1.82, 2.24) is 14.7 Å². The zero-order valence-electron chi connectivity index (χ0n) is 11.5. The molecule has 1 aliphatic rings. The van der Waals surface area contributed by atoms with E-state index < -0.39 is 15.9 Å². The highest BCUT2D eigenvalue weighted by atomic mass is 32.2. The summed E-state index contributed by atoms with van der Waals surface area (Å²) in [6.45, 7) is 1.16. The molecule has 2 heterocycles. The monoisotopic (exact) mass is 312 g/mol. The summed E-state index contributed by atoms with van der Waals surface area (Å²) in [7, 11) is -3.51. The summed E-state index contributed by atoms with van der Waals surface area (Å²) in [6.07, 6.45) is 5.57. The Labute approximate surface area is 122 Å². The van der Waals surface area contributed by atoms with Crippen LogP contribution in [-0.2, 0) is 14.8 Å². The second-order valence-electron chi connectivity index (χ2n) is 4.92. The number of amides is 1. The lowest BCUT2D eigenvalue weighted by molar-refractivity contribution is -0.123. The van der Waals surface area contributed by atoms with Gasteiger partial charge in [0.25, 0.3) is 0 Å². The lowest BCUT2D eigenvalue weighted by Crippen LogP contribution is -2.42. The van der Waals surface area contributed by atoms with Crippen molar-refractivity contribution in [2.24, 2.45) is 5.92 Å². The third-order valence-corrected chi connectivity index (χ3v) is 3.83. The molecule has 1 amide bonds. The number of nitrogens with zero attached hydrogens (tertiary/aromatic N) is 3. The zero-order chi connectivity index (χ0) is 15.5. The molecule has 0 atom stereocenters. The van der Waals surface area contributed by atoms with Crippen molar-refractivity contribution in [1.29, 1.82) is 0 Å². The van der Waals surface area contributed by atoms with Crippen molar-refractivity contribution in [2.45, 2.75) is 12.8 Å². The minimum atomic E-state index is -3.51. The smallest absolute Gasteiger partial charge is 0.236 e. The highest BCUT2D eigenvalue weighted by Crippen LogP contribution is 2.21. The molecule has 114 valence electrons. The molecular formula is C12H16N4O4S. The molecule has 1 aromatic rings. The van der Waals surface area contributed by atoms with Gasteiger partial charge in [-0.2, -0.15) is 0 Å². The maximum absolute atomic E-state index is 11.8. The first-order chi connectivity index (χ1) is 9.89. The number of aldehydes is 1. The summed E-state index contributed by atoms with van der Waals surface area (Å²) in [5.41, 5.74) is 0.265. The average Bonchev–Trinajstić information content (AvgIpc) is 2.46. The van der Waals surface area contributed by atoms with Crippen LogP contribution in [0.25, 0.3) is 0 Å². The quantitative estimate of drug-likeness (QED) is 0.752. The number of carbonyl (C=O) groups excluding carboxylic acids is 2. The number of hydrogen-bond donors (Lipinski definition) is 1.